The number of nitrogens with zero attached hydrogens (tertiary/aromatic N) is 2. The van der Waals surface area contributed by atoms with E-state index in [0.29, 0.717) is 5.82 Å². The second kappa shape index (κ2) is 6.21. The van der Waals surface area contributed by atoms with Gasteiger partial charge < -0.3 is 15.5 Å². The Morgan fingerprint density at radius 3 is 2.45 bits per heavy atom. The third-order valence-electron chi connectivity index (χ3n) is 3.95. The van der Waals surface area contributed by atoms with Crippen molar-refractivity contribution in [3.63, 3.8) is 0 Å². The van der Waals surface area contributed by atoms with E-state index in [-0.39, 0.29) is 0 Å². The summed E-state index contributed by atoms with van der Waals surface area (Å²) in [5.74, 6) is -0.238. The van der Waals surface area contributed by atoms with Crippen molar-refractivity contribution in [1.29, 1.82) is 0 Å². The highest BCUT2D eigenvalue weighted by molar-refractivity contribution is 7.92. The maximum absolute atomic E-state index is 12.1. The molecule has 1 aromatic heterocycles. The lowest BCUT2D eigenvalue weighted by Crippen LogP contribution is -2.44. The predicted octanol–water partition coefficient (Wildman–Crippen LogP) is 0.253. The summed E-state index contributed by atoms with van der Waals surface area (Å²) in [7, 11) is -3.50. The summed E-state index contributed by atoms with van der Waals surface area (Å²) in [6.07, 6.45) is 2.74. The fraction of sp³-hybridized carbons (Fsp3) is 0.571. The first-order chi connectivity index (χ1) is 10.2. The van der Waals surface area contributed by atoms with Crippen LogP contribution in [0.25, 0.3) is 0 Å². The molecule has 122 valence electrons. The first kappa shape index (κ1) is 16.7. The molecule has 1 aromatic rings. The number of hydrogen-bond acceptors (Lipinski definition) is 6. The minimum absolute atomic E-state index is 0.348. The number of amides is 1. The molecule has 0 aromatic carbocycles. The summed E-state index contributed by atoms with van der Waals surface area (Å²) in [5.41, 5.74) is 0.988. The summed E-state index contributed by atoms with van der Waals surface area (Å²) in [5, 5.41) is 5.84. The molecule has 0 aliphatic carbocycles. The van der Waals surface area contributed by atoms with E-state index in [1.54, 1.807) is 12.3 Å². The van der Waals surface area contributed by atoms with Gasteiger partial charge in [-0.15, -0.1) is 0 Å². The zero-order valence-corrected chi connectivity index (χ0v) is 13.9. The summed E-state index contributed by atoms with van der Waals surface area (Å²) in [4.78, 5) is 18.5. The van der Waals surface area contributed by atoms with Crippen LogP contribution in [0.1, 0.15) is 13.8 Å². The second-order valence-corrected chi connectivity index (χ2v) is 8.44. The Labute approximate surface area is 131 Å². The quantitative estimate of drug-likeness (QED) is 0.824. The van der Waals surface area contributed by atoms with Gasteiger partial charge in [0.25, 0.3) is 0 Å². The molecule has 1 fully saturated rings. The predicted molar refractivity (Wildman–Crippen MR) is 86.9 cm³/mol. The van der Waals surface area contributed by atoms with Crippen molar-refractivity contribution in [3.05, 3.63) is 18.3 Å². The molecule has 0 radical (unpaired) electrons. The summed E-state index contributed by atoms with van der Waals surface area (Å²) >= 11 is 0. The van der Waals surface area contributed by atoms with Gasteiger partial charge in [0.2, 0.25) is 5.91 Å². The van der Waals surface area contributed by atoms with Crippen LogP contribution in [0.5, 0.6) is 0 Å². The molecule has 0 atom stereocenters. The van der Waals surface area contributed by atoms with Crippen molar-refractivity contribution in [3.8, 4) is 0 Å². The third-order valence-corrected chi connectivity index (χ3v) is 5.98. The molecule has 8 heteroatoms. The van der Waals surface area contributed by atoms with Crippen LogP contribution in [0.15, 0.2) is 18.3 Å². The summed E-state index contributed by atoms with van der Waals surface area (Å²) in [6.45, 7) is 6.45. The van der Waals surface area contributed by atoms with E-state index in [4.69, 9.17) is 0 Å². The third kappa shape index (κ3) is 3.56. The number of carbonyl (C=O) groups excluding carboxylic acids is 1. The zero-order chi connectivity index (χ0) is 16.4. The van der Waals surface area contributed by atoms with E-state index in [9.17, 15) is 13.2 Å². The number of carbonyl (C=O) groups is 1. The number of rotatable bonds is 4. The molecular weight excluding hydrogens is 304 g/mol. The van der Waals surface area contributed by atoms with Crippen LogP contribution in [-0.2, 0) is 14.6 Å². The van der Waals surface area contributed by atoms with Crippen LogP contribution in [0.3, 0.4) is 0 Å². The Morgan fingerprint density at radius 2 is 1.95 bits per heavy atom. The summed E-state index contributed by atoms with van der Waals surface area (Å²) in [6, 6.07) is 3.56. The SMILES string of the molecule is CC(C)(C(=O)Nc1ccc(N2CCNCC2)cn1)S(C)(=O)=O. The lowest BCUT2D eigenvalue weighted by molar-refractivity contribution is -0.117. The van der Waals surface area contributed by atoms with Crippen LogP contribution in [0.4, 0.5) is 11.5 Å². The average molecular weight is 326 g/mol. The molecule has 1 saturated heterocycles. The van der Waals surface area contributed by atoms with Gasteiger partial charge in [0.05, 0.1) is 11.9 Å². The van der Waals surface area contributed by atoms with E-state index in [2.05, 4.69) is 20.5 Å². The first-order valence-electron chi connectivity index (χ1n) is 7.14. The van der Waals surface area contributed by atoms with Crippen molar-refractivity contribution in [1.82, 2.24) is 10.3 Å². The van der Waals surface area contributed by atoms with Crippen molar-refractivity contribution in [2.24, 2.45) is 0 Å². The molecular formula is C14H22N4O3S. The minimum atomic E-state index is -3.50. The fourth-order valence-electron chi connectivity index (χ4n) is 2.01. The second-order valence-electron chi connectivity index (χ2n) is 5.88. The highest BCUT2D eigenvalue weighted by Gasteiger charge is 2.38. The van der Waals surface area contributed by atoms with E-state index in [1.165, 1.54) is 13.8 Å². The standard InChI is InChI=1S/C14H22N4O3S/c1-14(2,22(3,20)21)13(19)17-12-5-4-11(10-16-12)18-8-6-15-7-9-18/h4-5,10,15H,6-9H2,1-3H3,(H,16,17,19). The van der Waals surface area contributed by atoms with Gasteiger partial charge in [0, 0.05) is 32.4 Å². The van der Waals surface area contributed by atoms with Crippen LogP contribution < -0.4 is 15.5 Å². The highest BCUT2D eigenvalue weighted by atomic mass is 32.2. The Hall–Kier alpha value is -1.67. The fourth-order valence-corrected chi connectivity index (χ4v) is 2.39. The molecule has 1 amide bonds. The monoisotopic (exact) mass is 326 g/mol. The normalized spacial score (nSPS) is 16.4. The van der Waals surface area contributed by atoms with E-state index < -0.39 is 20.5 Å². The van der Waals surface area contributed by atoms with E-state index in [1.807, 2.05) is 6.07 Å². The number of aromatic nitrogens is 1. The van der Waals surface area contributed by atoms with Gasteiger partial charge in [-0.2, -0.15) is 0 Å². The molecule has 2 heterocycles. The summed E-state index contributed by atoms with van der Waals surface area (Å²) < 4.78 is 21.8. The van der Waals surface area contributed by atoms with Gasteiger partial charge >= 0.3 is 0 Å². The molecule has 0 saturated carbocycles. The maximum Gasteiger partial charge on any atom is 0.246 e. The van der Waals surface area contributed by atoms with Crippen LogP contribution in [0, 0.1) is 0 Å². The lowest BCUT2D eigenvalue weighted by Gasteiger charge is -2.29. The molecule has 1 aliphatic rings. The van der Waals surface area contributed by atoms with Crippen LogP contribution in [-0.4, -0.2) is 56.5 Å². The van der Waals surface area contributed by atoms with Crippen molar-refractivity contribution < 1.29 is 13.2 Å². The van der Waals surface area contributed by atoms with Gasteiger partial charge in [0.1, 0.15) is 10.6 Å². The maximum atomic E-state index is 12.1. The number of pyridine rings is 1. The number of piperazine rings is 1. The number of hydrogen-bond donors (Lipinski definition) is 2. The van der Waals surface area contributed by atoms with Gasteiger partial charge in [0.15, 0.2) is 9.84 Å². The average Bonchev–Trinajstić information content (AvgIpc) is 2.47. The van der Waals surface area contributed by atoms with Gasteiger partial charge in [-0.05, 0) is 26.0 Å². The van der Waals surface area contributed by atoms with Gasteiger partial charge in [-0.1, -0.05) is 0 Å². The molecule has 22 heavy (non-hydrogen) atoms. The molecule has 0 bridgehead atoms. The van der Waals surface area contributed by atoms with E-state index in [0.717, 1.165) is 38.1 Å². The first-order valence-corrected chi connectivity index (χ1v) is 9.04. The lowest BCUT2D eigenvalue weighted by atomic mass is 10.2. The van der Waals surface area contributed by atoms with Crippen molar-refractivity contribution in [2.45, 2.75) is 18.6 Å². The molecule has 2 N–H and O–H groups in total. The number of anilines is 2. The Balaban J connectivity index is 2.06. The van der Waals surface area contributed by atoms with Crippen LogP contribution >= 0.6 is 0 Å². The van der Waals surface area contributed by atoms with Gasteiger partial charge in [-0.3, -0.25) is 4.79 Å². The van der Waals surface area contributed by atoms with E-state index >= 15 is 0 Å². The van der Waals surface area contributed by atoms with Crippen molar-refractivity contribution in [2.75, 3.05) is 42.7 Å². The van der Waals surface area contributed by atoms with Crippen molar-refractivity contribution >= 4 is 27.2 Å². The highest BCUT2D eigenvalue weighted by Crippen LogP contribution is 2.19. The molecule has 0 spiro atoms. The number of sulfone groups is 1. The Morgan fingerprint density at radius 1 is 1.32 bits per heavy atom. The zero-order valence-electron chi connectivity index (χ0n) is 13.1. The Bertz CT molecular complexity index is 635. The van der Waals surface area contributed by atoms with Crippen LogP contribution in [0.2, 0.25) is 0 Å². The number of nitrogens with one attached hydrogen (secondary N) is 2. The largest absolute Gasteiger partial charge is 0.368 e. The van der Waals surface area contributed by atoms with Gasteiger partial charge in [-0.25, -0.2) is 13.4 Å². The Kier molecular flexibility index (Phi) is 4.72. The smallest absolute Gasteiger partial charge is 0.246 e. The topological polar surface area (TPSA) is 91.4 Å². The minimum Gasteiger partial charge on any atom is -0.368 e. The molecule has 1 aliphatic heterocycles. The molecule has 7 nitrogen and oxygen atoms in total. The molecule has 2 rings (SSSR count). The molecule has 0 unspecified atom stereocenters.